The number of aliphatic hydroxyl groups is 2. The van der Waals surface area contributed by atoms with Crippen LogP contribution in [0.15, 0.2) is 0 Å². The second kappa shape index (κ2) is 4.70. The van der Waals surface area contributed by atoms with Crippen LogP contribution in [0.4, 0.5) is 0 Å². The number of hydrogen-bond donors (Lipinski definition) is 2. The number of rotatable bonds is 5. The predicted molar refractivity (Wildman–Crippen MR) is 45.2 cm³/mol. The summed E-state index contributed by atoms with van der Waals surface area (Å²) in [6.07, 6.45) is 2.61. The molecule has 1 atom stereocenters. The van der Waals surface area contributed by atoms with Crippen LogP contribution in [0.1, 0.15) is 26.2 Å². The molecule has 0 spiro atoms. The molecule has 3 nitrogen and oxygen atoms in total. The molecule has 0 bridgehead atoms. The average Bonchev–Trinajstić information content (AvgIpc) is 2.00. The van der Waals surface area contributed by atoms with Crippen LogP contribution in [0.2, 0.25) is 0 Å². The lowest BCUT2D eigenvalue weighted by Crippen LogP contribution is -2.47. The van der Waals surface area contributed by atoms with E-state index in [4.69, 9.17) is 5.11 Å². The first-order chi connectivity index (χ1) is 5.06. The Bertz CT molecular complexity index is 106. The van der Waals surface area contributed by atoms with E-state index in [9.17, 15) is 5.11 Å². The van der Waals surface area contributed by atoms with Crippen molar-refractivity contribution in [1.82, 2.24) is 4.90 Å². The summed E-state index contributed by atoms with van der Waals surface area (Å²) in [7, 11) is 3.54. The van der Waals surface area contributed by atoms with E-state index in [1.165, 1.54) is 0 Å². The third-order valence-corrected chi connectivity index (χ3v) is 2.02. The van der Waals surface area contributed by atoms with E-state index < -0.39 is 5.72 Å². The minimum Gasteiger partial charge on any atom is -0.392 e. The Kier molecular flexibility index (Phi) is 4.65. The van der Waals surface area contributed by atoms with Crippen LogP contribution in [0.25, 0.3) is 0 Å². The van der Waals surface area contributed by atoms with Crippen LogP contribution in [-0.4, -0.2) is 41.5 Å². The Morgan fingerprint density at radius 1 is 1.36 bits per heavy atom. The molecular weight excluding hydrogens is 142 g/mol. The van der Waals surface area contributed by atoms with Gasteiger partial charge in [-0.05, 0) is 26.9 Å². The van der Waals surface area contributed by atoms with Crippen LogP contribution in [-0.2, 0) is 0 Å². The first-order valence-electron chi connectivity index (χ1n) is 4.07. The van der Waals surface area contributed by atoms with E-state index >= 15 is 0 Å². The summed E-state index contributed by atoms with van der Waals surface area (Å²) in [6, 6.07) is 0. The number of nitrogens with zero attached hydrogens (tertiary/aromatic N) is 1. The molecule has 0 rings (SSSR count). The fourth-order valence-corrected chi connectivity index (χ4v) is 0.904. The molecule has 1 unspecified atom stereocenters. The van der Waals surface area contributed by atoms with Crippen molar-refractivity contribution in [3.63, 3.8) is 0 Å². The summed E-state index contributed by atoms with van der Waals surface area (Å²) in [5, 5.41) is 18.6. The highest BCUT2D eigenvalue weighted by Crippen LogP contribution is 2.15. The molecule has 0 heterocycles. The summed E-state index contributed by atoms with van der Waals surface area (Å²) in [5.74, 6) is 0. The zero-order valence-corrected chi connectivity index (χ0v) is 7.67. The number of unbranched alkanes of at least 4 members (excludes halogenated alkanes) is 1. The van der Waals surface area contributed by atoms with Gasteiger partial charge >= 0.3 is 0 Å². The molecule has 0 aliphatic carbocycles. The van der Waals surface area contributed by atoms with Crippen molar-refractivity contribution in [2.45, 2.75) is 31.9 Å². The second-order valence-corrected chi connectivity index (χ2v) is 3.14. The number of aliphatic hydroxyl groups excluding tert-OH is 1. The van der Waals surface area contributed by atoms with Gasteiger partial charge in [0.05, 0.1) is 6.61 Å². The van der Waals surface area contributed by atoms with Gasteiger partial charge in [0.1, 0.15) is 5.72 Å². The Morgan fingerprint density at radius 3 is 2.18 bits per heavy atom. The highest BCUT2D eigenvalue weighted by molar-refractivity contribution is 4.73. The summed E-state index contributed by atoms with van der Waals surface area (Å²) in [4.78, 5) is 1.66. The summed E-state index contributed by atoms with van der Waals surface area (Å²) in [5.41, 5.74) is -1.02. The Morgan fingerprint density at radius 2 is 1.91 bits per heavy atom. The highest BCUT2D eigenvalue weighted by Gasteiger charge is 2.27. The minimum absolute atomic E-state index is 0.194. The first-order valence-corrected chi connectivity index (χ1v) is 4.07. The van der Waals surface area contributed by atoms with Crippen LogP contribution in [0, 0.1) is 0 Å². The smallest absolute Gasteiger partial charge is 0.141 e. The molecule has 0 fully saturated rings. The van der Waals surface area contributed by atoms with Gasteiger partial charge in [0.25, 0.3) is 0 Å². The fraction of sp³-hybridized carbons (Fsp3) is 1.00. The van der Waals surface area contributed by atoms with E-state index in [2.05, 4.69) is 6.92 Å². The largest absolute Gasteiger partial charge is 0.392 e. The molecule has 3 heteroatoms. The van der Waals surface area contributed by atoms with Crippen molar-refractivity contribution in [2.75, 3.05) is 20.7 Å². The molecule has 0 aliphatic rings. The van der Waals surface area contributed by atoms with Crippen LogP contribution < -0.4 is 0 Å². The number of hydrogen-bond acceptors (Lipinski definition) is 3. The van der Waals surface area contributed by atoms with Gasteiger partial charge in [-0.1, -0.05) is 13.3 Å². The zero-order chi connectivity index (χ0) is 8.91. The average molecular weight is 161 g/mol. The Labute approximate surface area is 68.6 Å². The minimum atomic E-state index is -1.02. The van der Waals surface area contributed by atoms with Crippen molar-refractivity contribution in [2.24, 2.45) is 0 Å². The Hall–Kier alpha value is -0.120. The first kappa shape index (κ1) is 10.9. The van der Waals surface area contributed by atoms with E-state index in [0.717, 1.165) is 12.8 Å². The molecule has 68 valence electrons. The Balaban J connectivity index is 3.88. The maximum atomic E-state index is 9.70. The lowest BCUT2D eigenvalue weighted by atomic mass is 10.1. The lowest BCUT2D eigenvalue weighted by molar-refractivity contribution is -0.123. The van der Waals surface area contributed by atoms with Crippen molar-refractivity contribution in [3.05, 3.63) is 0 Å². The normalized spacial score (nSPS) is 16.9. The van der Waals surface area contributed by atoms with Crippen LogP contribution in [0.5, 0.6) is 0 Å². The summed E-state index contributed by atoms with van der Waals surface area (Å²) < 4.78 is 0. The molecule has 0 aliphatic heterocycles. The molecule has 0 amide bonds. The molecule has 0 aromatic rings. The van der Waals surface area contributed by atoms with E-state index in [-0.39, 0.29) is 6.61 Å². The summed E-state index contributed by atoms with van der Waals surface area (Å²) in [6.45, 7) is 1.87. The van der Waals surface area contributed by atoms with Crippen LogP contribution >= 0.6 is 0 Å². The zero-order valence-electron chi connectivity index (χ0n) is 7.67. The second-order valence-electron chi connectivity index (χ2n) is 3.14. The maximum absolute atomic E-state index is 9.70. The monoisotopic (exact) mass is 161 g/mol. The molecule has 2 N–H and O–H groups in total. The van der Waals surface area contributed by atoms with Gasteiger partial charge in [0, 0.05) is 0 Å². The topological polar surface area (TPSA) is 43.7 Å². The molecule has 0 saturated heterocycles. The van der Waals surface area contributed by atoms with Crippen LogP contribution in [0.3, 0.4) is 0 Å². The standard InChI is InChI=1S/C8H19NO2/c1-4-5-6-8(11,7-10)9(2)3/h10-11H,4-7H2,1-3H3. The molecular formula is C8H19NO2. The molecule has 0 aromatic carbocycles. The lowest BCUT2D eigenvalue weighted by Gasteiger charge is -2.32. The van der Waals surface area contributed by atoms with Gasteiger partial charge in [-0.15, -0.1) is 0 Å². The van der Waals surface area contributed by atoms with E-state index in [0.29, 0.717) is 6.42 Å². The van der Waals surface area contributed by atoms with E-state index in [1.807, 2.05) is 0 Å². The van der Waals surface area contributed by atoms with Crippen molar-refractivity contribution in [3.8, 4) is 0 Å². The molecule has 0 saturated carbocycles. The van der Waals surface area contributed by atoms with Gasteiger partial charge in [0.15, 0.2) is 0 Å². The van der Waals surface area contributed by atoms with Gasteiger partial charge in [-0.2, -0.15) is 0 Å². The molecule has 11 heavy (non-hydrogen) atoms. The third kappa shape index (κ3) is 3.18. The number of likely N-dealkylation sites (N-methyl/N-ethyl adjacent to an activating group) is 1. The van der Waals surface area contributed by atoms with E-state index in [1.54, 1.807) is 19.0 Å². The molecule has 0 radical (unpaired) electrons. The van der Waals surface area contributed by atoms with Gasteiger partial charge in [-0.3, -0.25) is 4.90 Å². The van der Waals surface area contributed by atoms with Gasteiger partial charge in [-0.25, -0.2) is 0 Å². The fourth-order valence-electron chi connectivity index (χ4n) is 0.904. The quantitative estimate of drug-likeness (QED) is 0.574. The molecule has 0 aromatic heterocycles. The van der Waals surface area contributed by atoms with Gasteiger partial charge < -0.3 is 10.2 Å². The van der Waals surface area contributed by atoms with Crippen molar-refractivity contribution >= 4 is 0 Å². The highest BCUT2D eigenvalue weighted by atomic mass is 16.3. The van der Waals surface area contributed by atoms with Gasteiger partial charge in [0.2, 0.25) is 0 Å². The SMILES string of the molecule is CCCCC(O)(CO)N(C)C. The van der Waals surface area contributed by atoms with Crippen molar-refractivity contribution < 1.29 is 10.2 Å². The summed E-state index contributed by atoms with van der Waals surface area (Å²) >= 11 is 0. The third-order valence-electron chi connectivity index (χ3n) is 2.02. The maximum Gasteiger partial charge on any atom is 0.141 e. The predicted octanol–water partition coefficient (Wildman–Crippen LogP) is 0.419. The van der Waals surface area contributed by atoms with Crippen molar-refractivity contribution in [1.29, 1.82) is 0 Å².